The van der Waals surface area contributed by atoms with E-state index < -0.39 is 17.7 Å². The zero-order chi connectivity index (χ0) is 18.9. The number of carboxylic acid groups (broad SMARTS) is 1. The minimum atomic E-state index is -4.50. The van der Waals surface area contributed by atoms with Gasteiger partial charge in [-0.2, -0.15) is 13.2 Å². The topological polar surface area (TPSA) is 71.2 Å². The van der Waals surface area contributed by atoms with E-state index in [2.05, 4.69) is 10.2 Å². The van der Waals surface area contributed by atoms with Gasteiger partial charge in [-0.15, -0.1) is 15.0 Å². The molecule has 1 aromatic carbocycles. The minimum Gasteiger partial charge on any atom is -0.476 e. The Morgan fingerprint density at radius 3 is 2.73 bits per heavy atom. The Morgan fingerprint density at radius 1 is 1.31 bits per heavy atom. The van der Waals surface area contributed by atoms with Gasteiger partial charge < -0.3 is 10.0 Å². The highest BCUT2D eigenvalue weighted by Crippen LogP contribution is 2.31. The summed E-state index contributed by atoms with van der Waals surface area (Å²) in [6.45, 7) is 2.67. The summed E-state index contributed by atoms with van der Waals surface area (Å²) in [4.78, 5) is 14.5. The zero-order valence-corrected chi connectivity index (χ0v) is 14.2. The molecule has 1 unspecified atom stereocenters. The Hall–Kier alpha value is -2.58. The summed E-state index contributed by atoms with van der Waals surface area (Å²) in [6.07, 6.45) is -0.783. The first-order valence-electron chi connectivity index (χ1n) is 8.46. The molecule has 140 valence electrons. The number of hydrogen-bond donors (Lipinski definition) is 1. The molecule has 1 N–H and O–H groups in total. The van der Waals surface area contributed by atoms with Gasteiger partial charge in [-0.3, -0.25) is 0 Å². The predicted octanol–water partition coefficient (Wildman–Crippen LogP) is 3.75. The van der Waals surface area contributed by atoms with Crippen LogP contribution >= 0.6 is 0 Å². The average molecular weight is 368 g/mol. The first-order chi connectivity index (χ1) is 12.3. The van der Waals surface area contributed by atoms with Gasteiger partial charge >= 0.3 is 12.1 Å². The number of aromatic carboxylic acids is 1. The van der Waals surface area contributed by atoms with Gasteiger partial charge in [0.05, 0.1) is 11.3 Å². The molecule has 9 heteroatoms. The summed E-state index contributed by atoms with van der Waals surface area (Å²) >= 11 is 0. The van der Waals surface area contributed by atoms with Crippen LogP contribution in [-0.2, 0) is 6.18 Å². The van der Waals surface area contributed by atoms with Crippen LogP contribution in [0.15, 0.2) is 24.3 Å². The highest BCUT2D eigenvalue weighted by Gasteiger charge is 2.32. The SMILES string of the molecule is CCC1CCCCN1c1nn(-c2cccc(C(F)(F)F)c2)nc1C(=O)O. The molecule has 26 heavy (non-hydrogen) atoms. The third-order valence-corrected chi connectivity index (χ3v) is 4.57. The van der Waals surface area contributed by atoms with Crippen LogP contribution in [0.25, 0.3) is 5.69 Å². The minimum absolute atomic E-state index is 0.0682. The molecule has 3 rings (SSSR count). The molecule has 1 saturated heterocycles. The predicted molar refractivity (Wildman–Crippen MR) is 88.6 cm³/mol. The Kier molecular flexibility index (Phi) is 4.88. The Bertz CT molecular complexity index is 804. The number of carboxylic acids is 1. The first-order valence-corrected chi connectivity index (χ1v) is 8.46. The molecule has 0 bridgehead atoms. The maximum absolute atomic E-state index is 12.9. The fourth-order valence-electron chi connectivity index (χ4n) is 3.26. The number of aromatic nitrogens is 3. The third kappa shape index (κ3) is 3.51. The quantitative estimate of drug-likeness (QED) is 0.890. The van der Waals surface area contributed by atoms with Gasteiger partial charge in [-0.05, 0) is 43.9 Å². The fraction of sp³-hybridized carbons (Fsp3) is 0.471. The molecule has 1 aromatic heterocycles. The summed E-state index contributed by atoms with van der Waals surface area (Å²) in [6, 6.07) is 4.66. The van der Waals surface area contributed by atoms with E-state index in [-0.39, 0.29) is 23.2 Å². The van der Waals surface area contributed by atoms with Crippen LogP contribution in [-0.4, -0.2) is 38.7 Å². The average Bonchev–Trinajstić information content (AvgIpc) is 3.06. The van der Waals surface area contributed by atoms with Crippen molar-refractivity contribution in [3.05, 3.63) is 35.5 Å². The van der Waals surface area contributed by atoms with Gasteiger partial charge in [-0.1, -0.05) is 13.0 Å². The van der Waals surface area contributed by atoms with Crippen molar-refractivity contribution in [3.63, 3.8) is 0 Å². The monoisotopic (exact) mass is 368 g/mol. The highest BCUT2D eigenvalue weighted by molar-refractivity contribution is 5.91. The van der Waals surface area contributed by atoms with E-state index in [1.165, 1.54) is 12.1 Å². The second-order valence-electron chi connectivity index (χ2n) is 6.27. The zero-order valence-electron chi connectivity index (χ0n) is 14.2. The van der Waals surface area contributed by atoms with Crippen molar-refractivity contribution in [2.24, 2.45) is 0 Å². The van der Waals surface area contributed by atoms with E-state index in [1.807, 2.05) is 11.8 Å². The van der Waals surface area contributed by atoms with Gasteiger partial charge in [0.1, 0.15) is 0 Å². The van der Waals surface area contributed by atoms with Crippen LogP contribution in [0.3, 0.4) is 0 Å². The molecule has 6 nitrogen and oxygen atoms in total. The van der Waals surface area contributed by atoms with Crippen LogP contribution in [0.2, 0.25) is 0 Å². The van der Waals surface area contributed by atoms with Gasteiger partial charge in [-0.25, -0.2) is 4.79 Å². The summed E-state index contributed by atoms with van der Waals surface area (Å²) in [5.41, 5.74) is -1.02. The van der Waals surface area contributed by atoms with E-state index in [0.717, 1.165) is 42.6 Å². The molecule has 2 heterocycles. The lowest BCUT2D eigenvalue weighted by atomic mass is 10.00. The van der Waals surface area contributed by atoms with Crippen molar-refractivity contribution in [1.29, 1.82) is 0 Å². The second kappa shape index (κ2) is 6.97. The van der Waals surface area contributed by atoms with Crippen molar-refractivity contribution in [1.82, 2.24) is 15.0 Å². The van der Waals surface area contributed by atoms with E-state index in [1.54, 1.807) is 0 Å². The van der Waals surface area contributed by atoms with Crippen LogP contribution in [0.1, 0.15) is 48.7 Å². The van der Waals surface area contributed by atoms with Crippen molar-refractivity contribution in [2.45, 2.75) is 44.8 Å². The molecule has 1 aliphatic rings. The van der Waals surface area contributed by atoms with Gasteiger partial charge in [0.15, 0.2) is 5.82 Å². The third-order valence-electron chi connectivity index (χ3n) is 4.57. The largest absolute Gasteiger partial charge is 0.476 e. The number of hydrogen-bond acceptors (Lipinski definition) is 4. The molecule has 0 spiro atoms. The summed E-state index contributed by atoms with van der Waals surface area (Å²) in [5, 5.41) is 17.7. The van der Waals surface area contributed by atoms with E-state index in [4.69, 9.17) is 0 Å². The number of benzene rings is 1. The molecule has 0 saturated carbocycles. The van der Waals surface area contributed by atoms with E-state index in [9.17, 15) is 23.1 Å². The van der Waals surface area contributed by atoms with Crippen molar-refractivity contribution >= 4 is 11.8 Å². The molecule has 0 radical (unpaired) electrons. The first kappa shape index (κ1) is 18.2. The number of carbonyl (C=O) groups is 1. The summed E-state index contributed by atoms with van der Waals surface area (Å²) < 4.78 is 38.8. The normalized spacial score (nSPS) is 18.2. The van der Waals surface area contributed by atoms with E-state index in [0.29, 0.717) is 6.54 Å². The summed E-state index contributed by atoms with van der Waals surface area (Å²) in [5.74, 6) is -1.04. The lowest BCUT2D eigenvalue weighted by molar-refractivity contribution is -0.137. The highest BCUT2D eigenvalue weighted by atomic mass is 19.4. The van der Waals surface area contributed by atoms with Crippen LogP contribution in [0.4, 0.5) is 19.0 Å². The van der Waals surface area contributed by atoms with Crippen molar-refractivity contribution in [2.75, 3.05) is 11.4 Å². The number of piperidine rings is 1. The molecule has 0 aliphatic carbocycles. The van der Waals surface area contributed by atoms with Gasteiger partial charge in [0, 0.05) is 12.6 Å². The Morgan fingerprint density at radius 2 is 2.08 bits per heavy atom. The van der Waals surface area contributed by atoms with Gasteiger partial charge in [0.25, 0.3) is 0 Å². The molecule has 2 aromatic rings. The molecular weight excluding hydrogens is 349 g/mol. The smallest absolute Gasteiger partial charge is 0.416 e. The van der Waals surface area contributed by atoms with Crippen LogP contribution < -0.4 is 4.90 Å². The fourth-order valence-corrected chi connectivity index (χ4v) is 3.26. The Balaban J connectivity index is 2.04. The summed E-state index contributed by atoms with van der Waals surface area (Å²) in [7, 11) is 0. The lowest BCUT2D eigenvalue weighted by Crippen LogP contribution is -2.40. The van der Waals surface area contributed by atoms with Crippen LogP contribution in [0.5, 0.6) is 0 Å². The van der Waals surface area contributed by atoms with E-state index >= 15 is 0 Å². The number of anilines is 1. The van der Waals surface area contributed by atoms with Crippen molar-refractivity contribution in [3.8, 4) is 5.69 Å². The number of alkyl halides is 3. The number of halogens is 3. The molecular formula is C17H19F3N4O2. The lowest BCUT2D eigenvalue weighted by Gasteiger charge is -2.35. The van der Waals surface area contributed by atoms with Gasteiger partial charge in [0.2, 0.25) is 5.69 Å². The molecule has 1 aliphatic heterocycles. The molecule has 0 amide bonds. The number of rotatable bonds is 4. The maximum atomic E-state index is 12.9. The molecule has 1 fully saturated rings. The Labute approximate surface area is 148 Å². The number of nitrogens with zero attached hydrogens (tertiary/aromatic N) is 4. The standard InChI is InChI=1S/C17H19F3N4O2/c1-2-12-7-3-4-9-23(12)15-14(16(25)26)21-24(22-15)13-8-5-6-11(10-13)17(18,19)20/h5-6,8,10,12H,2-4,7,9H2,1H3,(H,25,26). The molecule has 1 atom stereocenters. The van der Waals surface area contributed by atoms with Crippen molar-refractivity contribution < 1.29 is 23.1 Å². The maximum Gasteiger partial charge on any atom is 0.416 e. The second-order valence-corrected chi connectivity index (χ2v) is 6.27. The van der Waals surface area contributed by atoms with Crippen LogP contribution in [0, 0.1) is 0 Å².